The minimum atomic E-state index is 0.678. The molecule has 0 amide bonds. The molecule has 2 aromatic carbocycles. The van der Waals surface area contributed by atoms with Crippen LogP contribution in [0.1, 0.15) is 30.0 Å². The summed E-state index contributed by atoms with van der Waals surface area (Å²) in [4.78, 5) is 0. The molecule has 0 aliphatic heterocycles. The maximum atomic E-state index is 9.14. The fourth-order valence-corrected chi connectivity index (χ4v) is 2.06. The van der Waals surface area contributed by atoms with Crippen LogP contribution in [0.5, 0.6) is 0 Å². The average Bonchev–Trinajstić information content (AvgIpc) is 2.43. The van der Waals surface area contributed by atoms with Crippen LogP contribution in [0.3, 0.4) is 0 Å². The van der Waals surface area contributed by atoms with Crippen molar-refractivity contribution in [2.45, 2.75) is 26.7 Å². The Kier molecular flexibility index (Phi) is 4.20. The Hall–Kier alpha value is -2.27. The Morgan fingerprint density at radius 3 is 2.47 bits per heavy atom. The van der Waals surface area contributed by atoms with Crippen molar-refractivity contribution >= 4 is 11.4 Å². The Morgan fingerprint density at radius 2 is 1.84 bits per heavy atom. The zero-order valence-corrected chi connectivity index (χ0v) is 11.4. The molecule has 1 N–H and O–H groups in total. The van der Waals surface area contributed by atoms with E-state index in [0.29, 0.717) is 5.56 Å². The van der Waals surface area contributed by atoms with Gasteiger partial charge in [-0.1, -0.05) is 31.5 Å². The number of hydrogen-bond donors (Lipinski definition) is 1. The second-order valence-electron chi connectivity index (χ2n) is 4.73. The molecule has 0 bridgehead atoms. The molecule has 0 spiro atoms. The van der Waals surface area contributed by atoms with Gasteiger partial charge >= 0.3 is 0 Å². The lowest BCUT2D eigenvalue weighted by atomic mass is 10.1. The van der Waals surface area contributed by atoms with Crippen molar-refractivity contribution in [1.82, 2.24) is 0 Å². The minimum absolute atomic E-state index is 0.678. The minimum Gasteiger partial charge on any atom is -0.354 e. The molecule has 0 unspecified atom stereocenters. The van der Waals surface area contributed by atoms with Crippen molar-refractivity contribution in [3.05, 3.63) is 59.2 Å². The highest BCUT2D eigenvalue weighted by Gasteiger charge is 2.02. The number of benzene rings is 2. The van der Waals surface area contributed by atoms with Crippen LogP contribution in [0, 0.1) is 18.3 Å². The van der Waals surface area contributed by atoms with Gasteiger partial charge in [0.15, 0.2) is 0 Å². The van der Waals surface area contributed by atoms with Gasteiger partial charge in [-0.05, 0) is 48.7 Å². The van der Waals surface area contributed by atoms with Crippen LogP contribution in [-0.4, -0.2) is 0 Å². The van der Waals surface area contributed by atoms with Gasteiger partial charge in [0.25, 0.3) is 0 Å². The third-order valence-electron chi connectivity index (χ3n) is 3.07. The Bertz CT molecular complexity index is 592. The van der Waals surface area contributed by atoms with E-state index in [2.05, 4.69) is 42.6 Å². The molecular weight excluding hydrogens is 232 g/mol. The molecule has 0 aliphatic carbocycles. The molecule has 0 heterocycles. The molecule has 0 aromatic heterocycles. The van der Waals surface area contributed by atoms with Crippen LogP contribution in [-0.2, 0) is 6.42 Å². The van der Waals surface area contributed by atoms with E-state index in [1.165, 1.54) is 5.56 Å². The van der Waals surface area contributed by atoms with Gasteiger partial charge in [0, 0.05) is 5.69 Å². The molecule has 96 valence electrons. The molecule has 2 nitrogen and oxygen atoms in total. The quantitative estimate of drug-likeness (QED) is 0.863. The molecule has 0 aliphatic rings. The standard InChI is InChI=1S/C17H18N2/c1-3-4-14-6-8-16(9-7-14)19-17-10-5-13(2)11-15(17)12-18/h5-11,19H,3-4H2,1-2H3. The lowest BCUT2D eigenvalue weighted by Gasteiger charge is -2.09. The van der Waals surface area contributed by atoms with Crippen molar-refractivity contribution < 1.29 is 0 Å². The zero-order valence-electron chi connectivity index (χ0n) is 11.4. The third kappa shape index (κ3) is 3.35. The van der Waals surface area contributed by atoms with Gasteiger partial charge in [-0.15, -0.1) is 0 Å². The second kappa shape index (κ2) is 6.06. The maximum Gasteiger partial charge on any atom is 0.101 e. The van der Waals surface area contributed by atoms with Crippen LogP contribution in [0.15, 0.2) is 42.5 Å². The molecule has 2 aromatic rings. The number of hydrogen-bond acceptors (Lipinski definition) is 2. The normalized spacial score (nSPS) is 9.95. The SMILES string of the molecule is CCCc1ccc(Nc2ccc(C)cc2C#N)cc1. The van der Waals surface area contributed by atoms with E-state index in [9.17, 15) is 0 Å². The Morgan fingerprint density at radius 1 is 1.11 bits per heavy atom. The van der Waals surface area contributed by atoms with E-state index in [1.54, 1.807) is 0 Å². The van der Waals surface area contributed by atoms with Gasteiger partial charge in [-0.2, -0.15) is 5.26 Å². The van der Waals surface area contributed by atoms with Crippen LogP contribution in [0.2, 0.25) is 0 Å². The smallest absolute Gasteiger partial charge is 0.101 e. The summed E-state index contributed by atoms with van der Waals surface area (Å²) in [5.74, 6) is 0. The highest BCUT2D eigenvalue weighted by atomic mass is 14.9. The monoisotopic (exact) mass is 250 g/mol. The Balaban J connectivity index is 2.19. The second-order valence-corrected chi connectivity index (χ2v) is 4.73. The summed E-state index contributed by atoms with van der Waals surface area (Å²) >= 11 is 0. The number of nitriles is 1. The summed E-state index contributed by atoms with van der Waals surface area (Å²) in [6.45, 7) is 4.17. The number of nitrogens with zero attached hydrogens (tertiary/aromatic N) is 1. The number of nitrogens with one attached hydrogen (secondary N) is 1. The van der Waals surface area contributed by atoms with Crippen LogP contribution < -0.4 is 5.32 Å². The fourth-order valence-electron chi connectivity index (χ4n) is 2.06. The predicted molar refractivity (Wildman–Crippen MR) is 79.6 cm³/mol. The summed E-state index contributed by atoms with van der Waals surface area (Å²) in [6, 6.07) is 16.5. The van der Waals surface area contributed by atoms with Gasteiger partial charge in [-0.25, -0.2) is 0 Å². The largest absolute Gasteiger partial charge is 0.354 e. The molecule has 0 saturated carbocycles. The molecule has 19 heavy (non-hydrogen) atoms. The molecule has 2 rings (SSSR count). The first-order valence-electron chi connectivity index (χ1n) is 6.59. The lowest BCUT2D eigenvalue weighted by molar-refractivity contribution is 0.922. The van der Waals surface area contributed by atoms with E-state index in [1.807, 2.05) is 25.1 Å². The zero-order chi connectivity index (χ0) is 13.7. The van der Waals surface area contributed by atoms with Gasteiger partial charge in [0.05, 0.1) is 11.3 Å². The van der Waals surface area contributed by atoms with E-state index in [4.69, 9.17) is 5.26 Å². The summed E-state index contributed by atoms with van der Waals surface area (Å²) in [6.07, 6.45) is 2.26. The molecule has 0 saturated heterocycles. The van der Waals surface area contributed by atoms with E-state index in [-0.39, 0.29) is 0 Å². The topological polar surface area (TPSA) is 35.8 Å². The molecule has 0 fully saturated rings. The van der Waals surface area contributed by atoms with Gasteiger partial charge in [0.2, 0.25) is 0 Å². The highest BCUT2D eigenvalue weighted by Crippen LogP contribution is 2.22. The first-order chi connectivity index (χ1) is 9.22. The number of aryl methyl sites for hydroxylation is 2. The van der Waals surface area contributed by atoms with Crippen molar-refractivity contribution in [2.75, 3.05) is 5.32 Å². The lowest BCUT2D eigenvalue weighted by Crippen LogP contribution is -1.94. The van der Waals surface area contributed by atoms with Crippen LogP contribution >= 0.6 is 0 Å². The summed E-state index contributed by atoms with van der Waals surface area (Å²) < 4.78 is 0. The summed E-state index contributed by atoms with van der Waals surface area (Å²) in [7, 11) is 0. The van der Waals surface area contributed by atoms with Gasteiger partial charge in [0.1, 0.15) is 6.07 Å². The van der Waals surface area contributed by atoms with Crippen molar-refractivity contribution in [3.63, 3.8) is 0 Å². The molecule has 2 heteroatoms. The van der Waals surface area contributed by atoms with E-state index < -0.39 is 0 Å². The van der Waals surface area contributed by atoms with Gasteiger partial charge < -0.3 is 5.32 Å². The molecule has 0 radical (unpaired) electrons. The highest BCUT2D eigenvalue weighted by molar-refractivity contribution is 5.67. The fraction of sp³-hybridized carbons (Fsp3) is 0.235. The Labute approximate surface area is 114 Å². The van der Waals surface area contributed by atoms with Crippen molar-refractivity contribution in [1.29, 1.82) is 5.26 Å². The van der Waals surface area contributed by atoms with Crippen molar-refractivity contribution in [3.8, 4) is 6.07 Å². The maximum absolute atomic E-state index is 9.14. The van der Waals surface area contributed by atoms with Crippen LogP contribution in [0.25, 0.3) is 0 Å². The molecular formula is C17H18N2. The van der Waals surface area contributed by atoms with Crippen LogP contribution in [0.4, 0.5) is 11.4 Å². The van der Waals surface area contributed by atoms with E-state index in [0.717, 1.165) is 29.8 Å². The van der Waals surface area contributed by atoms with Gasteiger partial charge in [-0.3, -0.25) is 0 Å². The predicted octanol–water partition coefficient (Wildman–Crippen LogP) is 4.56. The first-order valence-corrected chi connectivity index (χ1v) is 6.59. The number of rotatable bonds is 4. The third-order valence-corrected chi connectivity index (χ3v) is 3.07. The summed E-state index contributed by atoms with van der Waals surface area (Å²) in [5.41, 5.74) is 4.99. The number of anilines is 2. The van der Waals surface area contributed by atoms with Crippen molar-refractivity contribution in [2.24, 2.45) is 0 Å². The van der Waals surface area contributed by atoms with E-state index >= 15 is 0 Å². The molecule has 0 atom stereocenters. The summed E-state index contributed by atoms with van der Waals surface area (Å²) in [5, 5.41) is 12.4. The first kappa shape index (κ1) is 13.2. The average molecular weight is 250 g/mol.